The van der Waals surface area contributed by atoms with E-state index >= 15 is 0 Å². The van der Waals surface area contributed by atoms with Gasteiger partial charge in [-0.05, 0) is 25.3 Å². The van der Waals surface area contributed by atoms with Crippen LogP contribution < -0.4 is 5.32 Å². The molecule has 14 heavy (non-hydrogen) atoms. The molecule has 1 saturated carbocycles. The van der Waals surface area contributed by atoms with Gasteiger partial charge in [0, 0.05) is 6.54 Å². The van der Waals surface area contributed by atoms with Gasteiger partial charge in [0.1, 0.15) is 5.41 Å². The van der Waals surface area contributed by atoms with Crippen molar-refractivity contribution in [2.75, 3.05) is 26.3 Å². The summed E-state index contributed by atoms with van der Waals surface area (Å²) in [6.07, 6.45) is 3.92. The third-order valence-corrected chi connectivity index (χ3v) is 3.33. The highest BCUT2D eigenvalue weighted by Crippen LogP contribution is 2.28. The summed E-state index contributed by atoms with van der Waals surface area (Å²) in [7, 11) is 0. The van der Waals surface area contributed by atoms with Crippen LogP contribution in [0.1, 0.15) is 19.3 Å². The number of carboxylic acids is 1. The second-order valence-electron chi connectivity index (χ2n) is 4.51. The van der Waals surface area contributed by atoms with E-state index in [1.807, 2.05) is 0 Å². The van der Waals surface area contributed by atoms with Gasteiger partial charge in [-0.25, -0.2) is 0 Å². The van der Waals surface area contributed by atoms with Crippen LogP contribution in [-0.4, -0.2) is 37.4 Å². The summed E-state index contributed by atoms with van der Waals surface area (Å²) in [6, 6.07) is 0. The van der Waals surface area contributed by atoms with E-state index in [0.717, 1.165) is 12.5 Å². The zero-order valence-electron chi connectivity index (χ0n) is 8.29. The van der Waals surface area contributed by atoms with Crippen molar-refractivity contribution in [3.05, 3.63) is 0 Å². The first kappa shape index (κ1) is 9.93. The number of hydrogen-bond donors (Lipinski definition) is 2. The van der Waals surface area contributed by atoms with E-state index in [9.17, 15) is 4.79 Å². The van der Waals surface area contributed by atoms with E-state index < -0.39 is 11.4 Å². The second-order valence-corrected chi connectivity index (χ2v) is 4.51. The topological polar surface area (TPSA) is 58.6 Å². The molecular formula is C10H17NO3. The third kappa shape index (κ3) is 1.77. The molecule has 0 radical (unpaired) electrons. The Morgan fingerprint density at radius 1 is 1.50 bits per heavy atom. The Morgan fingerprint density at radius 2 is 2.21 bits per heavy atom. The van der Waals surface area contributed by atoms with Crippen LogP contribution in [0.2, 0.25) is 0 Å². The first-order valence-corrected chi connectivity index (χ1v) is 5.25. The molecule has 2 rings (SSSR count). The molecule has 0 amide bonds. The number of ether oxygens (including phenoxy) is 1. The van der Waals surface area contributed by atoms with Crippen LogP contribution >= 0.6 is 0 Å². The summed E-state index contributed by atoms with van der Waals surface area (Å²) in [5.41, 5.74) is -0.635. The van der Waals surface area contributed by atoms with Crippen LogP contribution in [0.25, 0.3) is 0 Å². The van der Waals surface area contributed by atoms with E-state index in [4.69, 9.17) is 9.84 Å². The number of hydrogen-bond acceptors (Lipinski definition) is 3. The molecule has 2 N–H and O–H groups in total. The largest absolute Gasteiger partial charge is 0.481 e. The Hall–Kier alpha value is -0.610. The first-order chi connectivity index (χ1) is 6.73. The normalized spacial score (nSPS) is 25.1. The lowest BCUT2D eigenvalue weighted by Crippen LogP contribution is -2.55. The quantitative estimate of drug-likeness (QED) is 0.676. The van der Waals surface area contributed by atoms with Gasteiger partial charge < -0.3 is 15.2 Å². The van der Waals surface area contributed by atoms with Crippen LogP contribution in [0.4, 0.5) is 0 Å². The molecule has 0 unspecified atom stereocenters. The highest BCUT2D eigenvalue weighted by atomic mass is 16.5. The minimum Gasteiger partial charge on any atom is -0.481 e. The van der Waals surface area contributed by atoms with E-state index in [2.05, 4.69) is 5.32 Å². The Morgan fingerprint density at radius 3 is 2.57 bits per heavy atom. The second kappa shape index (κ2) is 3.87. The zero-order chi connectivity index (χ0) is 10.0. The van der Waals surface area contributed by atoms with Crippen molar-refractivity contribution in [1.82, 2.24) is 5.32 Å². The van der Waals surface area contributed by atoms with Gasteiger partial charge in [-0.3, -0.25) is 4.79 Å². The SMILES string of the molecule is O=C(O)C1(CNCC2CCC2)COC1. The molecule has 1 aliphatic heterocycles. The van der Waals surface area contributed by atoms with Crippen molar-refractivity contribution < 1.29 is 14.6 Å². The smallest absolute Gasteiger partial charge is 0.315 e. The van der Waals surface area contributed by atoms with Crippen molar-refractivity contribution in [3.63, 3.8) is 0 Å². The van der Waals surface area contributed by atoms with Gasteiger partial charge in [0.2, 0.25) is 0 Å². The van der Waals surface area contributed by atoms with Crippen LogP contribution in [0.15, 0.2) is 0 Å². The molecule has 4 nitrogen and oxygen atoms in total. The van der Waals surface area contributed by atoms with Crippen molar-refractivity contribution >= 4 is 5.97 Å². The number of carbonyl (C=O) groups is 1. The molecule has 4 heteroatoms. The maximum Gasteiger partial charge on any atom is 0.315 e. The number of aliphatic carboxylic acids is 1. The number of carboxylic acid groups (broad SMARTS) is 1. The molecular weight excluding hydrogens is 182 g/mol. The number of nitrogens with one attached hydrogen (secondary N) is 1. The van der Waals surface area contributed by atoms with E-state index in [-0.39, 0.29) is 0 Å². The molecule has 0 aromatic rings. The molecule has 1 saturated heterocycles. The van der Waals surface area contributed by atoms with E-state index in [0.29, 0.717) is 19.8 Å². The lowest BCUT2D eigenvalue weighted by Gasteiger charge is -2.38. The number of rotatable bonds is 5. The predicted octanol–water partition coefficient (Wildman–Crippen LogP) is 0.477. The summed E-state index contributed by atoms with van der Waals surface area (Å²) in [4.78, 5) is 10.9. The van der Waals surface area contributed by atoms with Crippen LogP contribution in [0.5, 0.6) is 0 Å². The molecule has 1 heterocycles. The Bertz CT molecular complexity index is 221. The highest BCUT2D eigenvalue weighted by molar-refractivity contribution is 5.76. The monoisotopic (exact) mass is 199 g/mol. The standard InChI is InChI=1S/C10H17NO3/c12-9(13)10(6-14-7-10)5-11-4-8-2-1-3-8/h8,11H,1-7H2,(H,12,13). The van der Waals surface area contributed by atoms with Crippen LogP contribution in [-0.2, 0) is 9.53 Å². The summed E-state index contributed by atoms with van der Waals surface area (Å²) < 4.78 is 4.98. The molecule has 2 aliphatic rings. The van der Waals surface area contributed by atoms with Gasteiger partial charge >= 0.3 is 5.97 Å². The zero-order valence-corrected chi connectivity index (χ0v) is 8.29. The molecule has 0 spiro atoms. The fraction of sp³-hybridized carbons (Fsp3) is 0.900. The van der Waals surface area contributed by atoms with Gasteiger partial charge in [-0.15, -0.1) is 0 Å². The lowest BCUT2D eigenvalue weighted by atomic mass is 9.83. The van der Waals surface area contributed by atoms with Gasteiger partial charge in [0.15, 0.2) is 0 Å². The van der Waals surface area contributed by atoms with Crippen molar-refractivity contribution in [3.8, 4) is 0 Å². The Labute approximate surface area is 83.6 Å². The summed E-state index contributed by atoms with van der Waals surface area (Å²) in [6.45, 7) is 2.24. The summed E-state index contributed by atoms with van der Waals surface area (Å²) >= 11 is 0. The highest BCUT2D eigenvalue weighted by Gasteiger charge is 2.45. The predicted molar refractivity (Wildman–Crippen MR) is 51.1 cm³/mol. The summed E-state index contributed by atoms with van der Waals surface area (Å²) in [5, 5.41) is 12.3. The molecule has 0 aromatic heterocycles. The van der Waals surface area contributed by atoms with E-state index in [1.54, 1.807) is 0 Å². The van der Waals surface area contributed by atoms with Gasteiger partial charge in [-0.1, -0.05) is 6.42 Å². The Balaban J connectivity index is 1.69. The molecule has 2 fully saturated rings. The molecule has 0 bridgehead atoms. The van der Waals surface area contributed by atoms with Gasteiger partial charge in [-0.2, -0.15) is 0 Å². The van der Waals surface area contributed by atoms with E-state index in [1.165, 1.54) is 19.3 Å². The van der Waals surface area contributed by atoms with Crippen molar-refractivity contribution in [2.24, 2.45) is 11.3 Å². The van der Waals surface area contributed by atoms with Crippen LogP contribution in [0.3, 0.4) is 0 Å². The molecule has 80 valence electrons. The van der Waals surface area contributed by atoms with Crippen molar-refractivity contribution in [2.45, 2.75) is 19.3 Å². The fourth-order valence-corrected chi connectivity index (χ4v) is 1.86. The third-order valence-electron chi connectivity index (χ3n) is 3.33. The van der Waals surface area contributed by atoms with Gasteiger partial charge in [0.05, 0.1) is 13.2 Å². The maximum atomic E-state index is 10.9. The first-order valence-electron chi connectivity index (χ1n) is 5.25. The lowest BCUT2D eigenvalue weighted by molar-refractivity contribution is -0.178. The minimum absolute atomic E-state index is 0.361. The molecule has 1 aliphatic carbocycles. The maximum absolute atomic E-state index is 10.9. The Kier molecular flexibility index (Phi) is 2.74. The molecule has 0 aromatic carbocycles. The minimum atomic E-state index is -0.732. The molecule has 0 atom stereocenters. The summed E-state index contributed by atoms with van der Waals surface area (Å²) in [5.74, 6) is 0.0479. The van der Waals surface area contributed by atoms with Gasteiger partial charge in [0.25, 0.3) is 0 Å². The average Bonchev–Trinajstić information content (AvgIpc) is 1.97. The average molecular weight is 199 g/mol. The fourth-order valence-electron chi connectivity index (χ4n) is 1.86. The van der Waals surface area contributed by atoms with Crippen LogP contribution in [0, 0.1) is 11.3 Å². The van der Waals surface area contributed by atoms with Crippen molar-refractivity contribution in [1.29, 1.82) is 0 Å².